The lowest BCUT2D eigenvalue weighted by atomic mass is 10.1. The summed E-state index contributed by atoms with van der Waals surface area (Å²) in [6.45, 7) is -10.1. The molecule has 3 saturated heterocycles. The number of aromatic nitrogens is 8. The van der Waals surface area contributed by atoms with E-state index in [9.17, 15) is 13.9 Å². The summed E-state index contributed by atoms with van der Waals surface area (Å²) in [5.41, 5.74) is 21.0. The molecule has 24 nitrogen and oxygen atoms in total. The summed E-state index contributed by atoms with van der Waals surface area (Å²) in [4.78, 5) is 40.1. The van der Waals surface area contributed by atoms with Crippen LogP contribution in [0.15, 0.2) is 30.4 Å². The van der Waals surface area contributed by atoms with Gasteiger partial charge < -0.3 is 31.0 Å². The molecular formula is C24H29FN14O10P2S2. The number of anilines is 2. The Bertz CT molecular complexity index is 2160. The molecule has 284 valence electrons. The maximum atomic E-state index is 16.2. The van der Waals surface area contributed by atoms with E-state index in [0.717, 1.165) is 6.33 Å². The van der Waals surface area contributed by atoms with E-state index in [-0.39, 0.29) is 53.5 Å². The second-order valence-corrected chi connectivity index (χ2v) is 17.3. The summed E-state index contributed by atoms with van der Waals surface area (Å²) >= 11 is 8.22. The number of azide groups is 1. The second kappa shape index (κ2) is 15.1. The lowest BCUT2D eigenvalue weighted by molar-refractivity contribution is -0.0560. The Hall–Kier alpha value is -3.87. The predicted octanol–water partition coefficient (Wildman–Crippen LogP) is 2.65. The van der Waals surface area contributed by atoms with Crippen LogP contribution in [0, 0.1) is 0 Å². The Morgan fingerprint density at radius 2 is 1.49 bits per heavy atom. The van der Waals surface area contributed by atoms with Crippen LogP contribution in [0.25, 0.3) is 32.8 Å². The number of carbonyl (C=O) groups is 1. The second-order valence-electron chi connectivity index (χ2n) is 11.5. The Morgan fingerprint density at radius 3 is 2.09 bits per heavy atom. The van der Waals surface area contributed by atoms with Crippen molar-refractivity contribution in [2.45, 2.75) is 55.6 Å². The summed E-state index contributed by atoms with van der Waals surface area (Å²) in [6, 6.07) is 0. The number of halogens is 1. The number of imidazole rings is 2. The smallest absolute Gasteiger partial charge is 0.407 e. The third kappa shape index (κ3) is 7.73. The summed E-state index contributed by atoms with van der Waals surface area (Å²) in [5, 5.41) is 5.92. The lowest BCUT2D eigenvalue weighted by Crippen LogP contribution is -2.41. The Labute approximate surface area is 306 Å². The zero-order chi connectivity index (χ0) is 37.5. The van der Waals surface area contributed by atoms with Crippen molar-refractivity contribution in [2.24, 2.45) is 5.11 Å². The number of amides is 1. The van der Waals surface area contributed by atoms with Crippen LogP contribution in [0.2, 0.25) is 0 Å². The summed E-state index contributed by atoms with van der Waals surface area (Å²) in [7, 11) is 0. The molecule has 7 rings (SSSR count). The van der Waals surface area contributed by atoms with Crippen molar-refractivity contribution in [3.63, 3.8) is 0 Å². The number of nitrogen functional groups attached to an aromatic ring is 2. The summed E-state index contributed by atoms with van der Waals surface area (Å²) < 4.78 is 86.8. The predicted molar refractivity (Wildman–Crippen MR) is 184 cm³/mol. The van der Waals surface area contributed by atoms with Crippen LogP contribution in [0.3, 0.4) is 0 Å². The molecular weight excluding hydrogens is 789 g/mol. The molecule has 1 amide bonds. The summed E-state index contributed by atoms with van der Waals surface area (Å²) in [5.74, 6) is 0.0719. The highest BCUT2D eigenvalue weighted by atomic mass is 32.7. The number of nitrogens with zero attached hydrogens (tertiary/aromatic N) is 11. The molecule has 3 aliphatic rings. The van der Waals surface area contributed by atoms with Gasteiger partial charge in [-0.1, -0.05) is 29.6 Å². The molecule has 7 heterocycles. The molecule has 1 unspecified atom stereocenters. The van der Waals surface area contributed by atoms with E-state index in [0.29, 0.717) is 0 Å². The lowest BCUT2D eigenvalue weighted by Gasteiger charge is -2.29. The molecule has 0 aliphatic carbocycles. The van der Waals surface area contributed by atoms with Gasteiger partial charge in [0.1, 0.15) is 48.1 Å². The van der Waals surface area contributed by atoms with Gasteiger partial charge in [-0.05, 0) is 12.0 Å². The largest absolute Gasteiger partial charge is 0.438 e. The number of rotatable bonds is 7. The fraction of sp³-hybridized carbons (Fsp3) is 0.542. The van der Waals surface area contributed by atoms with E-state index in [2.05, 4.69) is 69.7 Å². The van der Waals surface area contributed by atoms with Crippen molar-refractivity contribution in [1.82, 2.24) is 44.4 Å². The fourth-order valence-corrected chi connectivity index (χ4v) is 8.83. The van der Waals surface area contributed by atoms with E-state index in [1.165, 1.54) is 28.1 Å². The van der Waals surface area contributed by atoms with Crippen LogP contribution in [0.4, 0.5) is 20.8 Å². The molecule has 10 atom stereocenters. The Morgan fingerprint density at radius 1 is 0.943 bits per heavy atom. The van der Waals surface area contributed by atoms with Crippen molar-refractivity contribution in [1.29, 1.82) is 0 Å². The van der Waals surface area contributed by atoms with Gasteiger partial charge in [-0.3, -0.25) is 27.2 Å². The number of hydrogen-bond acceptors (Lipinski definition) is 19. The molecule has 0 aromatic carbocycles. The first kappa shape index (κ1) is 37.4. The minimum Gasteiger partial charge on any atom is -0.438 e. The molecule has 29 heteroatoms. The Kier molecular flexibility index (Phi) is 10.7. The normalized spacial score (nSPS) is 33.3. The zero-order valence-electron chi connectivity index (χ0n) is 26.8. The number of hydrogen-bond donors (Lipinski definition) is 5. The number of nitrogens with one attached hydrogen (secondary N) is 1. The maximum Gasteiger partial charge on any atom is 0.407 e. The van der Waals surface area contributed by atoms with Gasteiger partial charge in [0, 0.05) is 18.0 Å². The molecule has 5 N–H and O–H groups in total. The molecule has 0 spiro atoms. The first-order valence-corrected chi connectivity index (χ1v) is 20.8. The van der Waals surface area contributed by atoms with E-state index in [1.54, 1.807) is 0 Å². The van der Waals surface area contributed by atoms with E-state index in [4.69, 9.17) is 49.3 Å². The van der Waals surface area contributed by atoms with E-state index < -0.39 is 82.0 Å². The van der Waals surface area contributed by atoms with E-state index >= 15 is 4.39 Å². The number of nitrogens with two attached hydrogens (primary N) is 2. The van der Waals surface area contributed by atoms with Gasteiger partial charge in [0.2, 0.25) is 0 Å². The number of ether oxygens (including phenoxy) is 3. The van der Waals surface area contributed by atoms with Crippen molar-refractivity contribution < 1.29 is 50.6 Å². The van der Waals surface area contributed by atoms with Crippen LogP contribution < -0.4 is 16.8 Å². The van der Waals surface area contributed by atoms with Crippen LogP contribution >= 0.6 is 38.1 Å². The molecule has 0 saturated carbocycles. The third-order valence-corrected chi connectivity index (χ3v) is 11.4. The number of fused-ring (bicyclic) bond motifs is 4. The SMILES string of the molecule is [N-]=[N+]=NCCCNC(=O)O[C@@H]1[C@@H]2O[P@](=O)(S)OC[C@H]3O[C@@H](n4cnc5c(N)ncnc54)[C@H](F)[C@@H]3O[P@](=O)(S)OCC2O[C@H]1n1cnc2c(N)ncnc21. The number of alkyl halides is 1. The van der Waals surface area contributed by atoms with Crippen molar-refractivity contribution in [2.75, 3.05) is 37.8 Å². The van der Waals surface area contributed by atoms with E-state index in [1.807, 2.05) is 0 Å². The first-order valence-electron chi connectivity index (χ1n) is 15.4. The number of carbonyl (C=O) groups excluding carboxylic acids is 1. The molecule has 0 bridgehead atoms. The van der Waals surface area contributed by atoms with Crippen LogP contribution in [-0.2, 0) is 41.4 Å². The van der Waals surface area contributed by atoms with Gasteiger partial charge in [0.15, 0.2) is 47.7 Å². The summed E-state index contributed by atoms with van der Waals surface area (Å²) in [6.07, 6.45) is -8.10. The molecule has 4 aromatic rings. The van der Waals surface area contributed by atoms with Crippen LogP contribution in [-0.4, -0.2) is 108 Å². The van der Waals surface area contributed by atoms with Gasteiger partial charge in [-0.15, -0.1) is 0 Å². The average molecular weight is 819 g/mol. The first-order chi connectivity index (χ1) is 25.4. The van der Waals surface area contributed by atoms with Gasteiger partial charge in [0.25, 0.3) is 0 Å². The Balaban J connectivity index is 1.18. The third-order valence-electron chi connectivity index (χ3n) is 8.20. The zero-order valence-corrected chi connectivity index (χ0v) is 30.4. The minimum atomic E-state index is -4.48. The van der Waals surface area contributed by atoms with Crippen LogP contribution in [0.1, 0.15) is 18.9 Å². The average Bonchev–Trinajstić information content (AvgIpc) is 3.88. The standard InChI is InChI=1S/C24H29FN14O10P2S2/c25-12-15-10(45-22(12)38-8-34-13-18(26)30-6-32-20(13)38)4-43-51(42,53)49-16-11(5-44-50(41,52)48-15)46-23(17(16)47-24(40)29-2-1-3-36-37-28)39-9-35-14-19(27)31-7-33-21(14)39/h6-12,15-17,22-23H,1-5H2,(H,29,40)(H,41,52)(H,42,53)(H2,26,30,32)(H2,27,31,33)/t10-,11?,12-,15-,16-,17-,22-,23-,50-,51-/m1/s1. The maximum absolute atomic E-state index is 16.2. The molecule has 4 aromatic heterocycles. The highest BCUT2D eigenvalue weighted by Gasteiger charge is 2.55. The molecule has 3 aliphatic heterocycles. The van der Waals surface area contributed by atoms with Crippen molar-refractivity contribution >= 4 is 78.1 Å². The minimum absolute atomic E-state index is 0.0355. The van der Waals surface area contributed by atoms with Gasteiger partial charge in [-0.25, -0.2) is 48.2 Å². The van der Waals surface area contributed by atoms with Gasteiger partial charge >= 0.3 is 19.7 Å². The molecule has 0 radical (unpaired) electrons. The fourth-order valence-electron chi connectivity index (χ4n) is 5.86. The molecule has 3 fully saturated rings. The quantitative estimate of drug-likeness (QED) is 0.0447. The van der Waals surface area contributed by atoms with Gasteiger partial charge in [-0.2, -0.15) is 0 Å². The van der Waals surface area contributed by atoms with Crippen molar-refractivity contribution in [3.05, 3.63) is 35.8 Å². The number of thiol groups is 2. The van der Waals surface area contributed by atoms with Gasteiger partial charge in [0.05, 0.1) is 25.9 Å². The molecule has 53 heavy (non-hydrogen) atoms. The highest BCUT2D eigenvalue weighted by molar-refractivity contribution is 8.44. The number of alkyl carbamates (subject to hydrolysis) is 1. The van der Waals surface area contributed by atoms with Crippen molar-refractivity contribution in [3.8, 4) is 0 Å². The highest BCUT2D eigenvalue weighted by Crippen LogP contribution is 2.60. The monoisotopic (exact) mass is 818 g/mol. The topological polar surface area (TPSA) is 316 Å². The van der Waals surface area contributed by atoms with Crippen LogP contribution in [0.5, 0.6) is 0 Å².